The minimum absolute atomic E-state index is 0.301. The van der Waals surface area contributed by atoms with E-state index in [1.54, 1.807) is 36.7 Å². The summed E-state index contributed by atoms with van der Waals surface area (Å²) in [5, 5.41) is 11.3. The lowest BCUT2D eigenvalue weighted by molar-refractivity contribution is -0.0351. The number of aromatic amines is 1. The Hall–Kier alpha value is -1.23. The second-order valence-electron chi connectivity index (χ2n) is 5.53. The molecule has 2 rings (SSSR count). The van der Waals surface area contributed by atoms with Gasteiger partial charge in [0.2, 0.25) is 0 Å². The molecular formula is C15H18Cl2N2O2. The number of H-pyrrole nitrogens is 1. The van der Waals surface area contributed by atoms with Crippen molar-refractivity contribution in [1.29, 1.82) is 0 Å². The topological polar surface area (TPSA) is 58.1 Å². The predicted molar refractivity (Wildman–Crippen MR) is 83.9 cm³/mol. The van der Waals surface area contributed by atoms with E-state index in [9.17, 15) is 5.11 Å². The minimum atomic E-state index is -0.822. The fourth-order valence-electron chi connectivity index (χ4n) is 1.85. The number of hydrogen-bond acceptors (Lipinski definition) is 3. The van der Waals surface area contributed by atoms with E-state index >= 15 is 0 Å². The molecule has 0 saturated heterocycles. The zero-order valence-electron chi connectivity index (χ0n) is 11.9. The van der Waals surface area contributed by atoms with Crippen LogP contribution in [0.4, 0.5) is 0 Å². The van der Waals surface area contributed by atoms with Crippen molar-refractivity contribution in [3.05, 3.63) is 47.5 Å². The number of alkyl halides is 1. The van der Waals surface area contributed by atoms with Crippen molar-refractivity contribution in [3.63, 3.8) is 0 Å². The van der Waals surface area contributed by atoms with Crippen LogP contribution in [0, 0.1) is 5.41 Å². The van der Waals surface area contributed by atoms with E-state index in [0.717, 1.165) is 0 Å². The molecule has 2 aromatic rings. The van der Waals surface area contributed by atoms with E-state index in [1.165, 1.54) is 0 Å². The van der Waals surface area contributed by atoms with Crippen molar-refractivity contribution in [2.24, 2.45) is 5.41 Å². The molecule has 0 aliphatic rings. The lowest BCUT2D eigenvalue weighted by Crippen LogP contribution is -2.39. The van der Waals surface area contributed by atoms with Crippen LogP contribution in [0.15, 0.2) is 36.7 Å². The van der Waals surface area contributed by atoms with Gasteiger partial charge >= 0.3 is 0 Å². The summed E-state index contributed by atoms with van der Waals surface area (Å²) in [6.45, 7) is 3.76. The van der Waals surface area contributed by atoms with Gasteiger partial charge in [-0.3, -0.25) is 0 Å². The van der Waals surface area contributed by atoms with Gasteiger partial charge in [-0.05, 0) is 24.3 Å². The molecule has 2 N–H and O–H groups in total. The Morgan fingerprint density at radius 2 is 2.00 bits per heavy atom. The number of nitrogens with zero attached hydrogens (tertiary/aromatic N) is 1. The molecule has 2 unspecified atom stereocenters. The molecule has 1 aromatic carbocycles. The highest BCUT2D eigenvalue weighted by molar-refractivity contribution is 6.30. The number of rotatable bonds is 6. The number of benzene rings is 1. The molecule has 114 valence electrons. The lowest BCUT2D eigenvalue weighted by Gasteiger charge is -2.33. The molecule has 0 aliphatic carbocycles. The van der Waals surface area contributed by atoms with Gasteiger partial charge in [0.05, 0.1) is 0 Å². The number of aromatic nitrogens is 2. The maximum atomic E-state index is 10.6. The first-order valence-corrected chi connectivity index (χ1v) is 7.51. The maximum absolute atomic E-state index is 10.6. The van der Waals surface area contributed by atoms with Crippen molar-refractivity contribution >= 4 is 23.2 Å². The molecule has 0 saturated carbocycles. The summed E-state index contributed by atoms with van der Waals surface area (Å²) in [7, 11) is 0. The zero-order valence-corrected chi connectivity index (χ0v) is 13.4. The van der Waals surface area contributed by atoms with Crippen LogP contribution in [0.1, 0.15) is 25.8 Å². The first-order chi connectivity index (χ1) is 9.94. The fourth-order valence-corrected chi connectivity index (χ4v) is 2.14. The molecule has 0 aliphatic heterocycles. The van der Waals surface area contributed by atoms with Crippen LogP contribution in [0.3, 0.4) is 0 Å². The average molecular weight is 329 g/mol. The smallest absolute Gasteiger partial charge is 0.182 e. The number of halogens is 2. The van der Waals surface area contributed by atoms with E-state index in [-0.39, 0.29) is 0 Å². The van der Waals surface area contributed by atoms with Crippen molar-refractivity contribution in [2.45, 2.75) is 26.1 Å². The van der Waals surface area contributed by atoms with Gasteiger partial charge in [-0.15, -0.1) is 11.6 Å². The molecule has 0 amide bonds. The quantitative estimate of drug-likeness (QED) is 0.793. The summed E-state index contributed by atoms with van der Waals surface area (Å²) in [6, 6.07) is 6.96. The fraction of sp³-hybridized carbons (Fsp3) is 0.400. The number of hydrogen-bond donors (Lipinski definition) is 2. The van der Waals surface area contributed by atoms with Gasteiger partial charge in [-0.1, -0.05) is 25.4 Å². The van der Waals surface area contributed by atoms with Crippen LogP contribution in [0.2, 0.25) is 5.02 Å². The normalized spacial score (nSPS) is 14.7. The van der Waals surface area contributed by atoms with Gasteiger partial charge in [0.1, 0.15) is 17.7 Å². The average Bonchev–Trinajstić information content (AvgIpc) is 3.00. The molecule has 0 fully saturated rings. The molecule has 6 heteroatoms. The molecule has 4 nitrogen and oxygen atoms in total. The van der Waals surface area contributed by atoms with Crippen molar-refractivity contribution in [1.82, 2.24) is 9.97 Å². The first-order valence-electron chi connectivity index (χ1n) is 6.59. The molecule has 2 atom stereocenters. The third-order valence-electron chi connectivity index (χ3n) is 3.30. The Labute approximate surface area is 134 Å². The van der Waals surface area contributed by atoms with Gasteiger partial charge < -0.3 is 14.8 Å². The van der Waals surface area contributed by atoms with Crippen LogP contribution >= 0.6 is 23.2 Å². The molecular weight excluding hydrogens is 311 g/mol. The lowest BCUT2D eigenvalue weighted by atomic mass is 9.85. The Balaban J connectivity index is 2.27. The Bertz CT molecular complexity index is 556. The summed E-state index contributed by atoms with van der Waals surface area (Å²) in [5.41, 5.74) is -0.522. The molecule has 1 heterocycles. The van der Waals surface area contributed by atoms with Gasteiger partial charge in [-0.2, -0.15) is 0 Å². The molecule has 21 heavy (non-hydrogen) atoms. The largest absolute Gasteiger partial charge is 0.480 e. The third kappa shape index (κ3) is 3.90. The van der Waals surface area contributed by atoms with Crippen molar-refractivity contribution in [3.8, 4) is 5.75 Å². The Morgan fingerprint density at radius 1 is 1.33 bits per heavy atom. The molecule has 0 bridgehead atoms. The molecule has 0 spiro atoms. The maximum Gasteiger partial charge on any atom is 0.182 e. The zero-order chi connectivity index (χ0) is 15.5. The second-order valence-corrected chi connectivity index (χ2v) is 6.24. The van der Waals surface area contributed by atoms with Gasteiger partial charge in [0.15, 0.2) is 6.10 Å². The molecule has 1 aromatic heterocycles. The predicted octanol–water partition coefficient (Wildman–Crippen LogP) is 3.81. The monoisotopic (exact) mass is 328 g/mol. The highest BCUT2D eigenvalue weighted by atomic mass is 35.5. The number of aliphatic hydroxyl groups excluding tert-OH is 1. The third-order valence-corrected chi connectivity index (χ3v) is 4.24. The van der Waals surface area contributed by atoms with E-state index in [0.29, 0.717) is 22.5 Å². The van der Waals surface area contributed by atoms with Crippen LogP contribution in [0.25, 0.3) is 0 Å². The van der Waals surface area contributed by atoms with E-state index < -0.39 is 17.6 Å². The summed E-state index contributed by atoms with van der Waals surface area (Å²) in [6.07, 6.45) is 1.84. The minimum Gasteiger partial charge on any atom is -0.480 e. The standard InChI is InChI=1S/C15H18Cl2N2O2/c1-15(2,9-16)13(20)12(14-18-7-8-19-14)21-11-5-3-10(17)4-6-11/h3-8,12-13,20H,9H2,1-2H3,(H,18,19). The van der Waals surface area contributed by atoms with E-state index in [4.69, 9.17) is 27.9 Å². The Morgan fingerprint density at radius 3 is 2.52 bits per heavy atom. The highest BCUT2D eigenvalue weighted by Crippen LogP contribution is 2.34. The summed E-state index contributed by atoms with van der Waals surface area (Å²) >= 11 is 11.8. The van der Waals surface area contributed by atoms with Crippen LogP contribution in [-0.2, 0) is 0 Å². The summed E-state index contributed by atoms with van der Waals surface area (Å²) < 4.78 is 5.90. The first kappa shape index (κ1) is 16.1. The van der Waals surface area contributed by atoms with Crippen LogP contribution < -0.4 is 4.74 Å². The van der Waals surface area contributed by atoms with Gasteiger partial charge in [-0.25, -0.2) is 4.98 Å². The van der Waals surface area contributed by atoms with E-state index in [1.807, 2.05) is 13.8 Å². The number of nitrogens with one attached hydrogen (secondary N) is 1. The summed E-state index contributed by atoms with van der Waals surface area (Å²) in [4.78, 5) is 7.17. The van der Waals surface area contributed by atoms with E-state index in [2.05, 4.69) is 9.97 Å². The van der Waals surface area contributed by atoms with Crippen LogP contribution in [0.5, 0.6) is 5.75 Å². The Kier molecular flexibility index (Phi) is 5.14. The number of imidazole rings is 1. The van der Waals surface area contributed by atoms with Crippen molar-refractivity contribution < 1.29 is 9.84 Å². The highest BCUT2D eigenvalue weighted by Gasteiger charge is 2.37. The van der Waals surface area contributed by atoms with Crippen LogP contribution in [-0.4, -0.2) is 27.1 Å². The SMILES string of the molecule is CC(C)(CCl)C(O)C(Oc1ccc(Cl)cc1)c1ncc[nH]1. The van der Waals surface area contributed by atoms with Gasteiger partial charge in [0, 0.05) is 28.7 Å². The number of aliphatic hydroxyl groups is 1. The number of ether oxygens (including phenoxy) is 1. The van der Waals surface area contributed by atoms with Crippen molar-refractivity contribution in [2.75, 3.05) is 5.88 Å². The summed E-state index contributed by atoms with van der Waals surface area (Å²) in [5.74, 6) is 1.45. The molecule has 0 radical (unpaired) electrons. The second kappa shape index (κ2) is 6.69. The van der Waals surface area contributed by atoms with Gasteiger partial charge in [0.25, 0.3) is 0 Å².